The van der Waals surface area contributed by atoms with E-state index in [-0.39, 0.29) is 0 Å². The molecule has 0 bridgehead atoms. The van der Waals surface area contributed by atoms with Gasteiger partial charge in [-0.15, -0.1) is 0 Å². The molecule has 0 amide bonds. The Morgan fingerprint density at radius 2 is 1.43 bits per heavy atom. The van der Waals surface area contributed by atoms with Crippen LogP contribution in [-0.2, 0) is 6.54 Å². The highest BCUT2D eigenvalue weighted by molar-refractivity contribution is 5.81. The molecular weight excluding hydrogens is 278 g/mol. The summed E-state index contributed by atoms with van der Waals surface area (Å²) in [5.74, 6) is 0.775. The maximum Gasteiger partial charge on any atom is 0.0488 e. The van der Waals surface area contributed by atoms with Crippen LogP contribution in [0.5, 0.6) is 0 Å². The summed E-state index contributed by atoms with van der Waals surface area (Å²) in [5, 5.41) is 0. The quantitative estimate of drug-likeness (QED) is 0.560. The van der Waals surface area contributed by atoms with Crippen molar-refractivity contribution in [1.82, 2.24) is 4.57 Å². The van der Waals surface area contributed by atoms with Gasteiger partial charge in [-0.1, -0.05) is 69.6 Å². The maximum absolute atomic E-state index is 2.58. The standard InChI is InChI=1S/C22H29N/c1-3-5-12-18(4-2)17-23-21-15-10-6-8-13-19(21)20-14-9-7-11-16-22(20)23/h8-11,13-16,18H,3-7,12,17H2,1-2H3. The van der Waals surface area contributed by atoms with Crippen LogP contribution < -0.4 is 0 Å². The van der Waals surface area contributed by atoms with E-state index in [4.69, 9.17) is 0 Å². The SMILES string of the molecule is CCCCC(CC)Cn1c2c(c3c1C=CCC=C3)C=CCC=C2. The third-order valence-corrected chi connectivity index (χ3v) is 5.07. The third-order valence-electron chi connectivity index (χ3n) is 5.07. The number of rotatable bonds is 6. The number of allylic oxidation sites excluding steroid dienone is 4. The molecule has 0 saturated heterocycles. The lowest BCUT2D eigenvalue weighted by Crippen LogP contribution is -2.13. The van der Waals surface area contributed by atoms with Crippen LogP contribution in [0.25, 0.3) is 24.3 Å². The van der Waals surface area contributed by atoms with Gasteiger partial charge in [-0.3, -0.25) is 0 Å². The number of nitrogens with zero attached hydrogens (tertiary/aromatic N) is 1. The monoisotopic (exact) mass is 307 g/mol. The fraction of sp³-hybridized carbons (Fsp3) is 0.455. The Kier molecular flexibility index (Phi) is 5.38. The highest BCUT2D eigenvalue weighted by atomic mass is 15.0. The molecule has 0 aliphatic heterocycles. The van der Waals surface area contributed by atoms with Crippen molar-refractivity contribution in [3.8, 4) is 0 Å². The molecule has 1 aromatic heterocycles. The molecule has 2 aliphatic rings. The van der Waals surface area contributed by atoms with Gasteiger partial charge in [-0.05, 0) is 37.3 Å². The van der Waals surface area contributed by atoms with Gasteiger partial charge in [0.1, 0.15) is 0 Å². The first kappa shape index (κ1) is 16.1. The molecule has 1 nitrogen and oxygen atoms in total. The van der Waals surface area contributed by atoms with Gasteiger partial charge in [-0.2, -0.15) is 0 Å². The Bertz CT molecular complexity index is 605. The lowest BCUT2D eigenvalue weighted by Gasteiger charge is -2.19. The predicted octanol–water partition coefficient (Wildman–Crippen LogP) is 6.56. The summed E-state index contributed by atoms with van der Waals surface area (Å²) in [7, 11) is 0. The summed E-state index contributed by atoms with van der Waals surface area (Å²) >= 11 is 0. The number of hydrogen-bond donors (Lipinski definition) is 0. The Labute approximate surface area is 141 Å². The average molecular weight is 307 g/mol. The molecule has 122 valence electrons. The largest absolute Gasteiger partial charge is 0.340 e. The normalized spacial score (nSPS) is 16.8. The minimum Gasteiger partial charge on any atom is -0.340 e. The molecular formula is C22H29N. The zero-order valence-electron chi connectivity index (χ0n) is 14.6. The fourth-order valence-electron chi connectivity index (χ4n) is 3.67. The van der Waals surface area contributed by atoms with Crippen molar-refractivity contribution in [3.05, 3.63) is 46.8 Å². The summed E-state index contributed by atoms with van der Waals surface area (Å²) in [4.78, 5) is 0. The fourth-order valence-corrected chi connectivity index (χ4v) is 3.67. The molecule has 0 N–H and O–H groups in total. The van der Waals surface area contributed by atoms with E-state index in [1.807, 2.05) is 0 Å². The Morgan fingerprint density at radius 1 is 0.870 bits per heavy atom. The minimum atomic E-state index is 0.775. The molecule has 1 aromatic rings. The van der Waals surface area contributed by atoms with Crippen LogP contribution in [0.2, 0.25) is 0 Å². The first-order chi connectivity index (χ1) is 11.3. The molecule has 3 rings (SSSR count). The molecule has 0 aromatic carbocycles. The smallest absolute Gasteiger partial charge is 0.0488 e. The van der Waals surface area contributed by atoms with Gasteiger partial charge >= 0.3 is 0 Å². The van der Waals surface area contributed by atoms with Gasteiger partial charge in [0.15, 0.2) is 0 Å². The van der Waals surface area contributed by atoms with Crippen molar-refractivity contribution < 1.29 is 0 Å². The van der Waals surface area contributed by atoms with E-state index < -0.39 is 0 Å². The lowest BCUT2D eigenvalue weighted by atomic mass is 9.99. The molecule has 1 heterocycles. The topological polar surface area (TPSA) is 4.93 Å². The van der Waals surface area contributed by atoms with Gasteiger partial charge in [0.05, 0.1) is 0 Å². The highest BCUT2D eigenvalue weighted by Gasteiger charge is 2.20. The molecule has 0 radical (unpaired) electrons. The van der Waals surface area contributed by atoms with Crippen molar-refractivity contribution in [1.29, 1.82) is 0 Å². The molecule has 1 unspecified atom stereocenters. The Balaban J connectivity index is 2.03. The lowest BCUT2D eigenvalue weighted by molar-refractivity contribution is 0.389. The Morgan fingerprint density at radius 3 is 1.96 bits per heavy atom. The van der Waals surface area contributed by atoms with E-state index in [0.717, 1.165) is 25.3 Å². The van der Waals surface area contributed by atoms with Gasteiger partial charge in [0.2, 0.25) is 0 Å². The average Bonchev–Trinajstić information content (AvgIpc) is 2.83. The number of fused-ring (bicyclic) bond motifs is 3. The molecule has 1 heteroatoms. The van der Waals surface area contributed by atoms with Crippen molar-refractivity contribution in [2.75, 3.05) is 0 Å². The molecule has 2 aliphatic carbocycles. The second-order valence-corrected chi connectivity index (χ2v) is 6.71. The van der Waals surface area contributed by atoms with E-state index >= 15 is 0 Å². The summed E-state index contributed by atoms with van der Waals surface area (Å²) < 4.78 is 2.58. The molecule has 1 atom stereocenters. The number of aromatic nitrogens is 1. The first-order valence-electron chi connectivity index (χ1n) is 9.27. The maximum atomic E-state index is 2.58. The van der Waals surface area contributed by atoms with Crippen LogP contribution in [0.4, 0.5) is 0 Å². The summed E-state index contributed by atoms with van der Waals surface area (Å²) in [6, 6.07) is 0. The van der Waals surface area contributed by atoms with E-state index in [9.17, 15) is 0 Å². The third kappa shape index (κ3) is 3.44. The van der Waals surface area contributed by atoms with Crippen LogP contribution in [0.1, 0.15) is 74.9 Å². The van der Waals surface area contributed by atoms with Crippen LogP contribution in [0, 0.1) is 5.92 Å². The van der Waals surface area contributed by atoms with Gasteiger partial charge in [0, 0.05) is 29.1 Å². The van der Waals surface area contributed by atoms with Crippen LogP contribution in [0.3, 0.4) is 0 Å². The number of unbranched alkanes of at least 4 members (excludes halogenated alkanes) is 1. The zero-order valence-corrected chi connectivity index (χ0v) is 14.6. The van der Waals surface area contributed by atoms with E-state index in [0.29, 0.717) is 0 Å². The Hall–Kier alpha value is -1.76. The molecule has 0 fully saturated rings. The van der Waals surface area contributed by atoms with Crippen molar-refractivity contribution >= 4 is 24.3 Å². The minimum absolute atomic E-state index is 0.775. The van der Waals surface area contributed by atoms with Crippen molar-refractivity contribution in [3.63, 3.8) is 0 Å². The molecule has 23 heavy (non-hydrogen) atoms. The summed E-state index contributed by atoms with van der Waals surface area (Å²) in [5.41, 5.74) is 5.61. The molecule has 0 saturated carbocycles. The zero-order chi connectivity index (χ0) is 16.1. The highest BCUT2D eigenvalue weighted by Crippen LogP contribution is 2.33. The predicted molar refractivity (Wildman–Crippen MR) is 103 cm³/mol. The van der Waals surface area contributed by atoms with E-state index in [1.54, 1.807) is 0 Å². The summed E-state index contributed by atoms with van der Waals surface area (Å²) in [6.45, 7) is 5.78. The second-order valence-electron chi connectivity index (χ2n) is 6.71. The first-order valence-corrected chi connectivity index (χ1v) is 9.27. The second kappa shape index (κ2) is 7.68. The van der Waals surface area contributed by atoms with Gasteiger partial charge in [-0.25, -0.2) is 0 Å². The van der Waals surface area contributed by atoms with Crippen molar-refractivity contribution in [2.24, 2.45) is 5.92 Å². The van der Waals surface area contributed by atoms with E-state index in [2.05, 4.69) is 67.0 Å². The van der Waals surface area contributed by atoms with Crippen LogP contribution in [-0.4, -0.2) is 4.57 Å². The summed E-state index contributed by atoms with van der Waals surface area (Å²) in [6.07, 6.45) is 25.8. The van der Waals surface area contributed by atoms with Crippen molar-refractivity contribution in [2.45, 2.75) is 58.9 Å². The van der Waals surface area contributed by atoms with Gasteiger partial charge in [0.25, 0.3) is 0 Å². The molecule has 0 spiro atoms. The van der Waals surface area contributed by atoms with Crippen LogP contribution >= 0.6 is 0 Å². The van der Waals surface area contributed by atoms with Gasteiger partial charge < -0.3 is 4.57 Å². The van der Waals surface area contributed by atoms with Crippen LogP contribution in [0.15, 0.2) is 24.3 Å². The number of hydrogen-bond acceptors (Lipinski definition) is 0. The van der Waals surface area contributed by atoms with E-state index in [1.165, 1.54) is 48.2 Å².